The average Bonchev–Trinajstić information content (AvgIpc) is 2.91. The highest BCUT2D eigenvalue weighted by Gasteiger charge is 2.37. The highest BCUT2D eigenvalue weighted by Crippen LogP contribution is 2.41. The topological polar surface area (TPSA) is 107 Å². The first-order valence-electron chi connectivity index (χ1n) is 7.96. The van der Waals surface area contributed by atoms with Crippen LogP contribution < -0.4 is 4.72 Å². The second-order valence-electron chi connectivity index (χ2n) is 6.01. The Hall–Kier alpha value is -2.36. The van der Waals surface area contributed by atoms with Crippen LogP contribution >= 0.6 is 11.6 Å². The molecule has 0 radical (unpaired) electrons. The summed E-state index contributed by atoms with van der Waals surface area (Å²) in [5.74, 6) is -2.62. The van der Waals surface area contributed by atoms with E-state index in [-0.39, 0.29) is 40.7 Å². The second kappa shape index (κ2) is 6.99. The Balaban J connectivity index is 2.03. The summed E-state index contributed by atoms with van der Waals surface area (Å²) in [6.07, 6.45) is 0. The van der Waals surface area contributed by atoms with E-state index in [9.17, 15) is 27.8 Å². The Labute approximate surface area is 160 Å². The highest BCUT2D eigenvalue weighted by molar-refractivity contribution is 7.89. The van der Waals surface area contributed by atoms with E-state index < -0.39 is 33.2 Å². The zero-order valence-corrected chi connectivity index (χ0v) is 15.7. The summed E-state index contributed by atoms with van der Waals surface area (Å²) in [6.45, 7) is 1.63. The number of hydrogen-bond donors (Lipinski definition) is 3. The van der Waals surface area contributed by atoms with Crippen molar-refractivity contribution in [3.05, 3.63) is 51.8 Å². The third kappa shape index (κ3) is 3.45. The van der Waals surface area contributed by atoms with Gasteiger partial charge in [-0.15, -0.1) is 0 Å². The molecule has 27 heavy (non-hydrogen) atoms. The summed E-state index contributed by atoms with van der Waals surface area (Å²) in [5, 5.41) is 19.9. The fourth-order valence-corrected chi connectivity index (χ4v) is 4.47. The van der Waals surface area contributed by atoms with Gasteiger partial charge >= 0.3 is 0 Å². The van der Waals surface area contributed by atoms with Crippen molar-refractivity contribution in [2.24, 2.45) is 0 Å². The van der Waals surface area contributed by atoms with Crippen LogP contribution in [0.1, 0.15) is 28.4 Å². The summed E-state index contributed by atoms with van der Waals surface area (Å²) in [4.78, 5) is 13.7. The summed E-state index contributed by atoms with van der Waals surface area (Å²) in [5.41, 5.74) is 0.353. The summed E-state index contributed by atoms with van der Waals surface area (Å²) >= 11 is 5.75. The lowest BCUT2D eigenvalue weighted by molar-refractivity contribution is 0.0764. The predicted octanol–water partition coefficient (Wildman–Crippen LogP) is 2.34. The average molecular weight is 415 g/mol. The molecule has 1 amide bonds. The number of rotatable bonds is 5. The van der Waals surface area contributed by atoms with Crippen LogP contribution in [-0.4, -0.2) is 36.0 Å². The molecule has 3 N–H and O–H groups in total. The van der Waals surface area contributed by atoms with Crippen LogP contribution in [0.4, 0.5) is 4.39 Å². The molecule has 0 saturated heterocycles. The maximum absolute atomic E-state index is 13.3. The molecule has 0 bridgehead atoms. The van der Waals surface area contributed by atoms with Gasteiger partial charge in [0.1, 0.15) is 5.82 Å². The van der Waals surface area contributed by atoms with Crippen LogP contribution in [-0.2, 0) is 23.1 Å². The van der Waals surface area contributed by atoms with E-state index in [0.29, 0.717) is 5.56 Å². The van der Waals surface area contributed by atoms with Gasteiger partial charge < -0.3 is 15.1 Å². The molecule has 0 saturated carbocycles. The lowest BCUT2D eigenvalue weighted by Gasteiger charge is -2.16. The smallest absolute Gasteiger partial charge is 0.258 e. The number of nitrogens with one attached hydrogen (secondary N) is 1. The molecule has 0 aromatic heterocycles. The molecule has 0 fully saturated rings. The molecule has 1 aliphatic rings. The van der Waals surface area contributed by atoms with Gasteiger partial charge in [0.15, 0.2) is 11.5 Å². The molecule has 0 atom stereocenters. The lowest BCUT2D eigenvalue weighted by Crippen LogP contribution is -2.25. The molecule has 3 rings (SSSR count). The van der Waals surface area contributed by atoms with Crippen molar-refractivity contribution >= 4 is 27.5 Å². The lowest BCUT2D eigenvalue weighted by atomic mass is 10.1. The first-order valence-corrected chi connectivity index (χ1v) is 9.82. The van der Waals surface area contributed by atoms with Crippen molar-refractivity contribution in [3.63, 3.8) is 0 Å². The van der Waals surface area contributed by atoms with Gasteiger partial charge in [0.05, 0.1) is 15.5 Å². The molecule has 0 unspecified atom stereocenters. The predicted molar refractivity (Wildman–Crippen MR) is 95.6 cm³/mol. The highest BCUT2D eigenvalue weighted by atomic mass is 35.5. The van der Waals surface area contributed by atoms with E-state index in [0.717, 1.165) is 12.1 Å². The molecule has 0 aliphatic carbocycles. The molecule has 144 valence electrons. The molecule has 10 heteroatoms. The Morgan fingerprint density at radius 2 is 2.00 bits per heavy atom. The number of nitrogens with zero attached hydrogens (tertiary/aromatic N) is 1. The van der Waals surface area contributed by atoms with Gasteiger partial charge in [0.25, 0.3) is 5.91 Å². The van der Waals surface area contributed by atoms with Gasteiger partial charge in [0, 0.05) is 31.3 Å². The fourth-order valence-electron chi connectivity index (χ4n) is 2.98. The Kier molecular flexibility index (Phi) is 5.02. The largest absolute Gasteiger partial charge is 0.504 e. The Bertz CT molecular complexity index is 1040. The van der Waals surface area contributed by atoms with Gasteiger partial charge in [-0.25, -0.2) is 17.5 Å². The number of phenolic OH excluding ortho intramolecular Hbond substituents is 2. The van der Waals surface area contributed by atoms with Gasteiger partial charge in [-0.2, -0.15) is 0 Å². The quantitative estimate of drug-likeness (QED) is 0.651. The van der Waals surface area contributed by atoms with Crippen LogP contribution in [0.5, 0.6) is 11.5 Å². The second-order valence-corrected chi connectivity index (χ2v) is 8.15. The molecule has 1 heterocycles. The summed E-state index contributed by atoms with van der Waals surface area (Å²) in [7, 11) is -3.98. The normalized spacial score (nSPS) is 13.9. The Morgan fingerprint density at radius 1 is 1.30 bits per heavy atom. The van der Waals surface area contributed by atoms with Crippen LogP contribution in [0, 0.1) is 5.82 Å². The maximum Gasteiger partial charge on any atom is 0.258 e. The van der Waals surface area contributed by atoms with Crippen molar-refractivity contribution < 1.29 is 27.8 Å². The first kappa shape index (κ1) is 19.4. The number of benzene rings is 2. The number of hydrogen-bond acceptors (Lipinski definition) is 5. The molecule has 1 aliphatic heterocycles. The van der Waals surface area contributed by atoms with E-state index in [1.54, 1.807) is 6.92 Å². The molecule has 2 aromatic carbocycles. The van der Waals surface area contributed by atoms with Gasteiger partial charge in [-0.1, -0.05) is 24.6 Å². The SMILES string of the molecule is CCNS(=O)(=O)c1cc(O)c(O)c2c1CN(Cc1ccc(F)c(Cl)c1)C2=O. The number of aromatic hydroxyl groups is 2. The molecule has 7 nitrogen and oxygen atoms in total. The van der Waals surface area contributed by atoms with E-state index in [1.165, 1.54) is 17.0 Å². The molecular formula is C17H16ClFN2O5S. The molecule has 2 aromatic rings. The minimum Gasteiger partial charge on any atom is -0.504 e. The minimum atomic E-state index is -3.98. The van der Waals surface area contributed by atoms with Crippen LogP contribution in [0.15, 0.2) is 29.2 Å². The zero-order chi connectivity index (χ0) is 19.9. The van der Waals surface area contributed by atoms with Crippen molar-refractivity contribution in [1.29, 1.82) is 0 Å². The van der Waals surface area contributed by atoms with Crippen LogP contribution in [0.3, 0.4) is 0 Å². The summed E-state index contributed by atoms with van der Waals surface area (Å²) in [6, 6.07) is 4.89. The van der Waals surface area contributed by atoms with E-state index >= 15 is 0 Å². The number of phenols is 2. The number of carbonyl (C=O) groups excluding carboxylic acids is 1. The van der Waals surface area contributed by atoms with Gasteiger partial charge in [-0.05, 0) is 17.7 Å². The first-order chi connectivity index (χ1) is 12.7. The van der Waals surface area contributed by atoms with E-state index in [4.69, 9.17) is 11.6 Å². The van der Waals surface area contributed by atoms with E-state index in [2.05, 4.69) is 4.72 Å². The number of carbonyl (C=O) groups is 1. The van der Waals surface area contributed by atoms with Crippen molar-refractivity contribution in [2.75, 3.05) is 6.54 Å². The van der Waals surface area contributed by atoms with Crippen LogP contribution in [0.2, 0.25) is 5.02 Å². The fraction of sp³-hybridized carbons (Fsp3) is 0.235. The molecule has 0 spiro atoms. The van der Waals surface area contributed by atoms with Crippen molar-refractivity contribution in [3.8, 4) is 11.5 Å². The zero-order valence-electron chi connectivity index (χ0n) is 14.2. The number of amides is 1. The molecular weight excluding hydrogens is 399 g/mol. The Morgan fingerprint density at radius 3 is 2.63 bits per heavy atom. The van der Waals surface area contributed by atoms with E-state index in [1.807, 2.05) is 0 Å². The third-order valence-electron chi connectivity index (χ3n) is 4.18. The standard InChI is InChI=1S/C17H16ClFN2O5S/c1-2-20-27(25,26)14-6-13(22)16(23)15-10(14)8-21(17(15)24)7-9-3-4-12(19)11(18)5-9/h3-6,20,22-23H,2,7-8H2,1H3. The van der Waals surface area contributed by atoms with Gasteiger partial charge in [-0.3, -0.25) is 4.79 Å². The number of halogens is 2. The number of fused-ring (bicyclic) bond motifs is 1. The monoisotopic (exact) mass is 414 g/mol. The number of sulfonamides is 1. The third-order valence-corrected chi connectivity index (χ3v) is 6.08. The van der Waals surface area contributed by atoms with Crippen molar-refractivity contribution in [1.82, 2.24) is 9.62 Å². The summed E-state index contributed by atoms with van der Waals surface area (Å²) < 4.78 is 40.4. The van der Waals surface area contributed by atoms with Gasteiger partial charge in [0.2, 0.25) is 10.0 Å². The maximum atomic E-state index is 13.3. The minimum absolute atomic E-state index is 0.0222. The van der Waals surface area contributed by atoms with Crippen LogP contribution in [0.25, 0.3) is 0 Å². The van der Waals surface area contributed by atoms with Crippen molar-refractivity contribution in [2.45, 2.75) is 24.9 Å².